The molecule has 5 heteroatoms. The zero-order valence-electron chi connectivity index (χ0n) is 13.7. The molecule has 0 spiro atoms. The number of nitrogens with zero attached hydrogens (tertiary/aromatic N) is 2. The Morgan fingerprint density at radius 3 is 2.77 bits per heavy atom. The summed E-state index contributed by atoms with van der Waals surface area (Å²) in [5, 5.41) is 15.6. The molecule has 0 radical (unpaired) electrons. The second-order valence-electron chi connectivity index (χ2n) is 5.28. The van der Waals surface area contributed by atoms with Crippen LogP contribution in [0.5, 0.6) is 0 Å². The second kappa shape index (κ2) is 12.3. The number of benzene rings is 1. The number of unbranched alkanes of at least 4 members (excludes halogenated alkanes) is 2. The van der Waals surface area contributed by atoms with Crippen molar-refractivity contribution in [1.82, 2.24) is 10.6 Å². The predicted octanol–water partition coefficient (Wildman–Crippen LogP) is 3.81. The number of hydrogen-bond acceptors (Lipinski definition) is 2. The summed E-state index contributed by atoms with van der Waals surface area (Å²) in [4.78, 5) is 4.24. The minimum atomic E-state index is 0. The van der Waals surface area contributed by atoms with E-state index < -0.39 is 0 Å². The van der Waals surface area contributed by atoms with Crippen molar-refractivity contribution in [1.29, 1.82) is 5.26 Å². The Balaban J connectivity index is 0.00000441. The van der Waals surface area contributed by atoms with Gasteiger partial charge >= 0.3 is 0 Å². The fourth-order valence-corrected chi connectivity index (χ4v) is 2.14. The van der Waals surface area contributed by atoms with Gasteiger partial charge in [-0.05, 0) is 31.0 Å². The fourth-order valence-electron chi connectivity index (χ4n) is 2.14. The number of nitrogens with one attached hydrogen (secondary N) is 2. The Hall–Kier alpha value is -1.29. The van der Waals surface area contributed by atoms with E-state index in [0.717, 1.165) is 17.9 Å². The lowest BCUT2D eigenvalue weighted by Gasteiger charge is -2.18. The molecule has 0 heterocycles. The summed E-state index contributed by atoms with van der Waals surface area (Å²) in [5.41, 5.74) is 1.76. The highest BCUT2D eigenvalue weighted by atomic mass is 127. The van der Waals surface area contributed by atoms with Gasteiger partial charge in [0.2, 0.25) is 0 Å². The number of nitriles is 1. The van der Waals surface area contributed by atoms with E-state index in [1.54, 1.807) is 7.05 Å². The monoisotopic (exact) mass is 414 g/mol. The zero-order chi connectivity index (χ0) is 15.5. The largest absolute Gasteiger partial charge is 0.354 e. The third-order valence-electron chi connectivity index (χ3n) is 3.36. The summed E-state index contributed by atoms with van der Waals surface area (Å²) >= 11 is 0. The van der Waals surface area contributed by atoms with Gasteiger partial charge in [-0.1, -0.05) is 38.3 Å². The Bertz CT molecular complexity index is 494. The molecule has 122 valence electrons. The van der Waals surface area contributed by atoms with Crippen LogP contribution in [0.2, 0.25) is 0 Å². The van der Waals surface area contributed by atoms with E-state index in [-0.39, 0.29) is 24.0 Å². The fraction of sp³-hybridized carbons (Fsp3) is 0.529. The van der Waals surface area contributed by atoms with Gasteiger partial charge in [-0.25, -0.2) is 0 Å². The van der Waals surface area contributed by atoms with E-state index in [1.165, 1.54) is 19.3 Å². The normalized spacial score (nSPS) is 12.0. The van der Waals surface area contributed by atoms with Crippen molar-refractivity contribution >= 4 is 29.9 Å². The lowest BCUT2D eigenvalue weighted by molar-refractivity contribution is 0.546. The molecule has 0 fully saturated rings. The average molecular weight is 414 g/mol. The highest BCUT2D eigenvalue weighted by Gasteiger charge is 2.05. The molecule has 1 aromatic carbocycles. The van der Waals surface area contributed by atoms with Gasteiger partial charge in [0.15, 0.2) is 5.96 Å². The maximum Gasteiger partial charge on any atom is 0.191 e. The molecule has 0 saturated carbocycles. The number of halogens is 1. The van der Waals surface area contributed by atoms with Gasteiger partial charge in [0.25, 0.3) is 0 Å². The van der Waals surface area contributed by atoms with Crippen LogP contribution < -0.4 is 10.6 Å². The molecule has 0 amide bonds. The van der Waals surface area contributed by atoms with Crippen LogP contribution in [0.1, 0.15) is 50.7 Å². The quantitative estimate of drug-likeness (QED) is 0.309. The Morgan fingerprint density at radius 2 is 2.14 bits per heavy atom. The zero-order valence-corrected chi connectivity index (χ0v) is 16.1. The Labute approximate surface area is 151 Å². The van der Waals surface area contributed by atoms with E-state index >= 15 is 0 Å². The van der Waals surface area contributed by atoms with Gasteiger partial charge in [0, 0.05) is 19.6 Å². The number of aliphatic imine (C=N–C) groups is 1. The van der Waals surface area contributed by atoms with E-state index in [0.29, 0.717) is 18.2 Å². The predicted molar refractivity (Wildman–Crippen MR) is 104 cm³/mol. The second-order valence-corrected chi connectivity index (χ2v) is 5.28. The molecular weight excluding hydrogens is 387 g/mol. The topological polar surface area (TPSA) is 60.2 Å². The summed E-state index contributed by atoms with van der Waals surface area (Å²) in [6.07, 6.45) is 4.91. The summed E-state index contributed by atoms with van der Waals surface area (Å²) in [6.45, 7) is 5.06. The van der Waals surface area contributed by atoms with Crippen molar-refractivity contribution in [2.75, 3.05) is 7.05 Å². The molecule has 0 aromatic heterocycles. The average Bonchev–Trinajstić information content (AvgIpc) is 2.51. The number of rotatable bonds is 7. The van der Waals surface area contributed by atoms with Gasteiger partial charge in [-0.3, -0.25) is 4.99 Å². The first kappa shape index (κ1) is 20.7. The lowest BCUT2D eigenvalue weighted by atomic mass is 10.1. The smallest absolute Gasteiger partial charge is 0.191 e. The molecule has 22 heavy (non-hydrogen) atoms. The summed E-state index contributed by atoms with van der Waals surface area (Å²) in [6, 6.07) is 10.2. The molecule has 1 rings (SSSR count). The summed E-state index contributed by atoms with van der Waals surface area (Å²) in [7, 11) is 1.78. The standard InChI is InChI=1S/C17H26N4.HI/c1-4-5-6-8-14(2)21-17(19-3)20-13-16-10-7-9-15(11-16)12-18;/h7,9-11,14H,4-6,8,13H2,1-3H3,(H2,19,20,21);1H. The molecule has 0 aliphatic rings. The van der Waals surface area contributed by atoms with Crippen LogP contribution in [0.25, 0.3) is 0 Å². The SMILES string of the molecule is CCCCCC(C)NC(=NC)NCc1cccc(C#N)c1.I. The van der Waals surface area contributed by atoms with Crippen molar-refractivity contribution in [2.24, 2.45) is 4.99 Å². The van der Waals surface area contributed by atoms with Crippen LogP contribution in [0.3, 0.4) is 0 Å². The van der Waals surface area contributed by atoms with Crippen molar-refractivity contribution in [3.63, 3.8) is 0 Å². The first-order valence-electron chi connectivity index (χ1n) is 7.65. The molecule has 1 aromatic rings. The van der Waals surface area contributed by atoms with Gasteiger partial charge in [0.05, 0.1) is 11.6 Å². The molecule has 0 bridgehead atoms. The van der Waals surface area contributed by atoms with Crippen LogP contribution in [0.4, 0.5) is 0 Å². The lowest BCUT2D eigenvalue weighted by Crippen LogP contribution is -2.41. The van der Waals surface area contributed by atoms with Crippen LogP contribution in [0.15, 0.2) is 29.3 Å². The van der Waals surface area contributed by atoms with Gasteiger partial charge in [-0.2, -0.15) is 5.26 Å². The Morgan fingerprint density at radius 1 is 1.36 bits per heavy atom. The third-order valence-corrected chi connectivity index (χ3v) is 3.36. The molecule has 0 aliphatic carbocycles. The van der Waals surface area contributed by atoms with Gasteiger partial charge < -0.3 is 10.6 Å². The molecule has 1 atom stereocenters. The van der Waals surface area contributed by atoms with E-state index in [4.69, 9.17) is 5.26 Å². The van der Waals surface area contributed by atoms with Crippen LogP contribution in [0, 0.1) is 11.3 Å². The van der Waals surface area contributed by atoms with Gasteiger partial charge in [-0.15, -0.1) is 24.0 Å². The molecular formula is C17H27IN4. The van der Waals surface area contributed by atoms with Crippen LogP contribution >= 0.6 is 24.0 Å². The molecule has 4 nitrogen and oxygen atoms in total. The van der Waals surface area contributed by atoms with Crippen LogP contribution in [-0.4, -0.2) is 19.0 Å². The van der Waals surface area contributed by atoms with Crippen molar-refractivity contribution in [3.05, 3.63) is 35.4 Å². The third kappa shape index (κ3) is 8.23. The molecule has 2 N–H and O–H groups in total. The number of hydrogen-bond donors (Lipinski definition) is 2. The Kier molecular flexibility index (Phi) is 11.6. The van der Waals surface area contributed by atoms with E-state index in [1.807, 2.05) is 24.3 Å². The van der Waals surface area contributed by atoms with Crippen LogP contribution in [-0.2, 0) is 6.54 Å². The molecule has 0 aliphatic heterocycles. The minimum Gasteiger partial charge on any atom is -0.354 e. The first-order valence-corrected chi connectivity index (χ1v) is 7.65. The summed E-state index contributed by atoms with van der Waals surface area (Å²) in [5.74, 6) is 0.807. The maximum absolute atomic E-state index is 8.90. The highest BCUT2D eigenvalue weighted by Crippen LogP contribution is 2.04. The highest BCUT2D eigenvalue weighted by molar-refractivity contribution is 14.0. The summed E-state index contributed by atoms with van der Waals surface area (Å²) < 4.78 is 0. The molecule has 0 saturated heterocycles. The van der Waals surface area contributed by atoms with Crippen molar-refractivity contribution in [2.45, 2.75) is 52.1 Å². The first-order chi connectivity index (χ1) is 10.2. The minimum absolute atomic E-state index is 0. The van der Waals surface area contributed by atoms with Crippen molar-refractivity contribution in [3.8, 4) is 6.07 Å². The maximum atomic E-state index is 8.90. The number of guanidine groups is 1. The van der Waals surface area contributed by atoms with E-state index in [2.05, 4.69) is 35.5 Å². The van der Waals surface area contributed by atoms with Crippen molar-refractivity contribution < 1.29 is 0 Å². The molecule has 1 unspecified atom stereocenters. The van der Waals surface area contributed by atoms with E-state index in [9.17, 15) is 0 Å². The van der Waals surface area contributed by atoms with Gasteiger partial charge in [0.1, 0.15) is 0 Å².